The predicted octanol–water partition coefficient (Wildman–Crippen LogP) is 4.00. The van der Waals surface area contributed by atoms with E-state index in [0.29, 0.717) is 36.8 Å². The highest BCUT2D eigenvalue weighted by atomic mass is 16.6. The number of nitrogens with zero attached hydrogens (tertiary/aromatic N) is 4. The minimum atomic E-state index is -0.468. The van der Waals surface area contributed by atoms with E-state index in [-0.39, 0.29) is 11.7 Å². The number of carbonyl (C=O) groups is 1. The molecule has 178 valence electrons. The molecule has 4 heterocycles. The molecule has 0 unspecified atom stereocenters. The summed E-state index contributed by atoms with van der Waals surface area (Å²) in [5.41, 5.74) is 1.69. The van der Waals surface area contributed by atoms with Crippen LogP contribution >= 0.6 is 0 Å². The van der Waals surface area contributed by atoms with Gasteiger partial charge in [0.15, 0.2) is 0 Å². The topological polar surface area (TPSA) is 80.9 Å². The van der Waals surface area contributed by atoms with Crippen LogP contribution in [0, 0.1) is 6.92 Å². The van der Waals surface area contributed by atoms with Crippen molar-refractivity contribution < 1.29 is 18.7 Å². The lowest BCUT2D eigenvalue weighted by molar-refractivity contribution is -0.109. The second kappa shape index (κ2) is 8.40. The van der Waals surface area contributed by atoms with Gasteiger partial charge in [0, 0.05) is 18.5 Å². The number of hydrogen-bond donors (Lipinski definition) is 0. The normalized spacial score (nSPS) is 23.6. The molecule has 3 saturated heterocycles. The molecule has 33 heavy (non-hydrogen) atoms. The maximum Gasteiger partial charge on any atom is 0.410 e. The average molecular weight is 455 g/mol. The second-order valence-electron chi connectivity index (χ2n) is 10.7. The molecule has 5 rings (SSSR count). The van der Waals surface area contributed by atoms with Gasteiger partial charge in [0.2, 0.25) is 11.8 Å². The first-order chi connectivity index (χ1) is 15.7. The molecule has 3 aliphatic heterocycles. The molecule has 1 aromatic heterocycles. The number of ether oxygens (including phenoxy) is 2. The standard InChI is InChI=1S/C25H34N4O4/c1-17-26-27-22(32-17)21-8-6-5-7-20(21)18-9-11-28(12-10-18)19-13-25(31-14-19)15-29(16-25)23(30)33-24(2,3)4/h5-8,18-19H,9-16H2,1-4H3/t19-/m0/s1. The Morgan fingerprint density at radius 3 is 2.55 bits per heavy atom. The quantitative estimate of drug-likeness (QED) is 0.693. The van der Waals surface area contributed by atoms with Crippen molar-refractivity contribution in [2.24, 2.45) is 0 Å². The highest BCUT2D eigenvalue weighted by Gasteiger charge is 2.53. The lowest BCUT2D eigenvalue weighted by Crippen LogP contribution is -2.64. The van der Waals surface area contributed by atoms with Gasteiger partial charge in [-0.25, -0.2) is 4.79 Å². The summed E-state index contributed by atoms with van der Waals surface area (Å²) >= 11 is 0. The van der Waals surface area contributed by atoms with Crippen LogP contribution in [0.2, 0.25) is 0 Å². The van der Waals surface area contributed by atoms with Crippen molar-refractivity contribution >= 4 is 6.09 Å². The van der Waals surface area contributed by atoms with Crippen molar-refractivity contribution in [2.45, 2.75) is 70.1 Å². The minimum absolute atomic E-state index is 0.194. The Bertz CT molecular complexity index is 1000. The van der Waals surface area contributed by atoms with Gasteiger partial charge in [0.05, 0.1) is 19.7 Å². The van der Waals surface area contributed by atoms with E-state index in [1.54, 1.807) is 4.90 Å². The van der Waals surface area contributed by atoms with Crippen LogP contribution in [-0.2, 0) is 9.47 Å². The van der Waals surface area contributed by atoms with Crippen molar-refractivity contribution in [1.82, 2.24) is 20.0 Å². The zero-order chi connectivity index (χ0) is 23.2. The predicted molar refractivity (Wildman–Crippen MR) is 123 cm³/mol. The van der Waals surface area contributed by atoms with Crippen molar-refractivity contribution in [2.75, 3.05) is 32.8 Å². The summed E-state index contributed by atoms with van der Waals surface area (Å²) in [6.45, 7) is 11.6. The number of benzene rings is 1. The molecule has 3 aliphatic rings. The third-order valence-electron chi connectivity index (χ3n) is 7.00. The molecule has 1 amide bonds. The molecule has 1 aromatic carbocycles. The molecule has 0 bridgehead atoms. The Kier molecular flexibility index (Phi) is 5.69. The molecule has 3 fully saturated rings. The summed E-state index contributed by atoms with van der Waals surface area (Å²) in [4.78, 5) is 16.6. The van der Waals surface area contributed by atoms with Crippen LogP contribution in [0.15, 0.2) is 28.7 Å². The van der Waals surface area contributed by atoms with Gasteiger partial charge in [0.25, 0.3) is 0 Å². The molecular formula is C25H34N4O4. The van der Waals surface area contributed by atoms with Crippen molar-refractivity contribution in [3.8, 4) is 11.5 Å². The third kappa shape index (κ3) is 4.64. The Labute approximate surface area is 195 Å². The van der Waals surface area contributed by atoms with Crippen LogP contribution in [0.5, 0.6) is 0 Å². The Hall–Kier alpha value is -2.45. The van der Waals surface area contributed by atoms with Gasteiger partial charge in [-0.2, -0.15) is 0 Å². The molecule has 8 heteroatoms. The largest absolute Gasteiger partial charge is 0.444 e. The third-order valence-corrected chi connectivity index (χ3v) is 7.00. The minimum Gasteiger partial charge on any atom is -0.444 e. The number of aromatic nitrogens is 2. The van der Waals surface area contributed by atoms with E-state index in [1.807, 2.05) is 33.8 Å². The number of piperidine rings is 1. The molecule has 0 N–H and O–H groups in total. The van der Waals surface area contributed by atoms with Crippen LogP contribution in [0.4, 0.5) is 4.79 Å². The van der Waals surface area contributed by atoms with E-state index in [9.17, 15) is 4.79 Å². The number of rotatable bonds is 3. The molecule has 2 aromatic rings. The van der Waals surface area contributed by atoms with Crippen LogP contribution in [0.1, 0.15) is 57.4 Å². The smallest absolute Gasteiger partial charge is 0.410 e. The molecular weight excluding hydrogens is 420 g/mol. The zero-order valence-electron chi connectivity index (χ0n) is 20.0. The van der Waals surface area contributed by atoms with Gasteiger partial charge in [-0.05, 0) is 70.7 Å². The Morgan fingerprint density at radius 2 is 1.88 bits per heavy atom. The van der Waals surface area contributed by atoms with Gasteiger partial charge < -0.3 is 18.8 Å². The Balaban J connectivity index is 1.16. The second-order valence-corrected chi connectivity index (χ2v) is 10.7. The molecule has 0 saturated carbocycles. The fourth-order valence-corrected chi connectivity index (χ4v) is 5.41. The van der Waals surface area contributed by atoms with Crippen LogP contribution < -0.4 is 0 Å². The summed E-state index contributed by atoms with van der Waals surface area (Å²) in [6.07, 6.45) is 2.93. The van der Waals surface area contributed by atoms with Crippen molar-refractivity contribution in [3.05, 3.63) is 35.7 Å². The first-order valence-corrected chi connectivity index (χ1v) is 12.0. The number of amides is 1. The van der Waals surface area contributed by atoms with Crippen molar-refractivity contribution in [3.63, 3.8) is 0 Å². The highest BCUT2D eigenvalue weighted by molar-refractivity contribution is 5.69. The van der Waals surface area contributed by atoms with Gasteiger partial charge in [0.1, 0.15) is 11.2 Å². The Morgan fingerprint density at radius 1 is 1.15 bits per heavy atom. The molecule has 8 nitrogen and oxygen atoms in total. The fraction of sp³-hybridized carbons (Fsp3) is 0.640. The molecule has 1 atom stereocenters. The van der Waals surface area contributed by atoms with Crippen molar-refractivity contribution in [1.29, 1.82) is 0 Å². The first kappa shape index (κ1) is 22.3. The summed E-state index contributed by atoms with van der Waals surface area (Å²) in [5.74, 6) is 1.68. The van der Waals surface area contributed by atoms with Gasteiger partial charge in [-0.3, -0.25) is 4.90 Å². The van der Waals surface area contributed by atoms with Crippen LogP contribution in [0.25, 0.3) is 11.5 Å². The summed E-state index contributed by atoms with van der Waals surface area (Å²) in [7, 11) is 0. The number of likely N-dealkylation sites (tertiary alicyclic amines) is 2. The van der Waals surface area contributed by atoms with Gasteiger partial charge in [-0.1, -0.05) is 18.2 Å². The lowest BCUT2D eigenvalue weighted by Gasteiger charge is -2.47. The van der Waals surface area contributed by atoms with Crippen LogP contribution in [-0.4, -0.2) is 76.1 Å². The number of aryl methyl sites for hydroxylation is 1. The zero-order valence-corrected chi connectivity index (χ0v) is 20.0. The van der Waals surface area contributed by atoms with Gasteiger partial charge in [-0.15, -0.1) is 10.2 Å². The monoisotopic (exact) mass is 454 g/mol. The fourth-order valence-electron chi connectivity index (χ4n) is 5.41. The number of carbonyl (C=O) groups excluding carboxylic acids is 1. The van der Waals surface area contributed by atoms with E-state index >= 15 is 0 Å². The number of hydrogen-bond acceptors (Lipinski definition) is 7. The van der Waals surface area contributed by atoms with Crippen LogP contribution in [0.3, 0.4) is 0 Å². The lowest BCUT2D eigenvalue weighted by atomic mass is 9.85. The SMILES string of the molecule is Cc1nnc(-c2ccccc2C2CCN([C@@H]3COC4(C3)CN(C(=O)OC(C)(C)C)C4)CC2)o1. The first-order valence-electron chi connectivity index (χ1n) is 12.0. The van der Waals surface area contributed by atoms with E-state index in [2.05, 4.69) is 33.3 Å². The van der Waals surface area contributed by atoms with E-state index in [4.69, 9.17) is 13.9 Å². The van der Waals surface area contributed by atoms with Gasteiger partial charge >= 0.3 is 6.09 Å². The maximum atomic E-state index is 12.3. The maximum absolute atomic E-state index is 12.3. The summed E-state index contributed by atoms with van der Waals surface area (Å²) < 4.78 is 17.4. The highest BCUT2D eigenvalue weighted by Crippen LogP contribution is 2.40. The van der Waals surface area contributed by atoms with E-state index in [1.165, 1.54) is 5.56 Å². The summed E-state index contributed by atoms with van der Waals surface area (Å²) in [5, 5.41) is 8.24. The molecule has 1 spiro atoms. The van der Waals surface area contributed by atoms with E-state index < -0.39 is 5.60 Å². The molecule has 0 radical (unpaired) electrons. The molecule has 0 aliphatic carbocycles. The average Bonchev–Trinajstić information content (AvgIpc) is 3.39. The van der Waals surface area contributed by atoms with E-state index in [0.717, 1.165) is 44.5 Å². The summed E-state index contributed by atoms with van der Waals surface area (Å²) in [6, 6.07) is 8.82.